The average molecular weight is 259 g/mol. The van der Waals surface area contributed by atoms with Crippen LogP contribution in [0.3, 0.4) is 0 Å². The standard InChI is InChI=1S/C15H17NO3/c1-3-8-15(17)16-11-6-7-12-19-14-10-5-4-9-13(14)18-2/h3-5,8-10H,11-12H2,1-2H3,(H,16,17)/b8-3+. The molecule has 0 radical (unpaired) electrons. The fourth-order valence-corrected chi connectivity index (χ4v) is 1.31. The van der Waals surface area contributed by atoms with Crippen LogP contribution < -0.4 is 14.8 Å². The molecule has 0 saturated carbocycles. The van der Waals surface area contributed by atoms with E-state index in [0.717, 1.165) is 0 Å². The summed E-state index contributed by atoms with van der Waals surface area (Å²) >= 11 is 0. The molecular formula is C15H17NO3. The molecule has 0 fully saturated rings. The molecule has 4 nitrogen and oxygen atoms in total. The topological polar surface area (TPSA) is 47.6 Å². The molecule has 0 aromatic heterocycles. The monoisotopic (exact) mass is 259 g/mol. The number of nitrogens with one attached hydrogen (secondary N) is 1. The van der Waals surface area contributed by atoms with Crippen molar-refractivity contribution in [2.75, 3.05) is 20.3 Å². The van der Waals surface area contributed by atoms with Gasteiger partial charge in [0.2, 0.25) is 5.91 Å². The smallest absolute Gasteiger partial charge is 0.244 e. The molecule has 1 rings (SSSR count). The van der Waals surface area contributed by atoms with Gasteiger partial charge in [0, 0.05) is 0 Å². The Morgan fingerprint density at radius 3 is 2.74 bits per heavy atom. The van der Waals surface area contributed by atoms with E-state index in [1.54, 1.807) is 20.1 Å². The van der Waals surface area contributed by atoms with Gasteiger partial charge in [-0.1, -0.05) is 30.0 Å². The Hall–Kier alpha value is -2.41. The van der Waals surface area contributed by atoms with Crippen molar-refractivity contribution in [3.63, 3.8) is 0 Å². The van der Waals surface area contributed by atoms with Crippen LogP contribution in [0.1, 0.15) is 6.92 Å². The number of allylic oxidation sites excluding steroid dienone is 1. The number of amides is 1. The Kier molecular flexibility index (Phi) is 6.67. The maximum atomic E-state index is 11.1. The minimum absolute atomic E-state index is 0.151. The van der Waals surface area contributed by atoms with E-state index in [9.17, 15) is 4.79 Å². The average Bonchev–Trinajstić information content (AvgIpc) is 2.43. The molecule has 0 unspecified atom stereocenters. The minimum Gasteiger partial charge on any atom is -0.493 e. The van der Waals surface area contributed by atoms with Crippen LogP contribution in [0.4, 0.5) is 0 Å². The Labute approximate surface area is 113 Å². The van der Waals surface area contributed by atoms with Gasteiger partial charge in [-0.3, -0.25) is 4.79 Å². The summed E-state index contributed by atoms with van der Waals surface area (Å²) in [5, 5.41) is 2.63. The Morgan fingerprint density at radius 2 is 2.05 bits per heavy atom. The van der Waals surface area contributed by atoms with Crippen molar-refractivity contribution in [1.82, 2.24) is 5.32 Å². The largest absolute Gasteiger partial charge is 0.493 e. The molecule has 19 heavy (non-hydrogen) atoms. The molecule has 1 N–H and O–H groups in total. The summed E-state index contributed by atoms with van der Waals surface area (Å²) in [7, 11) is 1.59. The summed E-state index contributed by atoms with van der Waals surface area (Å²) in [6.07, 6.45) is 3.13. The molecule has 100 valence electrons. The molecule has 0 aliphatic carbocycles. The Balaban J connectivity index is 2.33. The number of methoxy groups -OCH3 is 1. The first-order valence-electron chi connectivity index (χ1n) is 5.90. The van der Waals surface area contributed by atoms with Crippen LogP contribution in [0.5, 0.6) is 11.5 Å². The van der Waals surface area contributed by atoms with Gasteiger partial charge in [-0.15, -0.1) is 0 Å². The summed E-state index contributed by atoms with van der Waals surface area (Å²) in [5.74, 6) is 6.79. The van der Waals surface area contributed by atoms with Gasteiger partial charge in [-0.2, -0.15) is 0 Å². The fourth-order valence-electron chi connectivity index (χ4n) is 1.31. The highest BCUT2D eigenvalue weighted by Gasteiger charge is 2.00. The number of ether oxygens (including phenoxy) is 2. The molecule has 0 bridgehead atoms. The van der Waals surface area contributed by atoms with Crippen molar-refractivity contribution in [3.05, 3.63) is 36.4 Å². The summed E-state index contributed by atoms with van der Waals surface area (Å²) in [5.41, 5.74) is 0. The number of hydrogen-bond acceptors (Lipinski definition) is 3. The first-order chi connectivity index (χ1) is 9.27. The van der Waals surface area contributed by atoms with E-state index in [1.165, 1.54) is 6.08 Å². The highest BCUT2D eigenvalue weighted by Crippen LogP contribution is 2.25. The third-order valence-corrected chi connectivity index (χ3v) is 2.16. The number of rotatable bonds is 5. The second-order valence-electron chi connectivity index (χ2n) is 3.51. The number of carbonyl (C=O) groups is 1. The quantitative estimate of drug-likeness (QED) is 0.647. The lowest BCUT2D eigenvalue weighted by molar-refractivity contribution is -0.116. The van der Waals surface area contributed by atoms with Crippen LogP contribution in [0.15, 0.2) is 36.4 Å². The van der Waals surface area contributed by atoms with Gasteiger partial charge < -0.3 is 14.8 Å². The zero-order chi connectivity index (χ0) is 13.9. The molecule has 0 atom stereocenters. The van der Waals surface area contributed by atoms with Crippen LogP contribution in [0.25, 0.3) is 0 Å². The minimum atomic E-state index is -0.151. The number of benzene rings is 1. The van der Waals surface area contributed by atoms with E-state index in [-0.39, 0.29) is 12.5 Å². The zero-order valence-electron chi connectivity index (χ0n) is 11.1. The van der Waals surface area contributed by atoms with Gasteiger partial charge in [0.25, 0.3) is 0 Å². The first-order valence-corrected chi connectivity index (χ1v) is 5.90. The summed E-state index contributed by atoms with van der Waals surface area (Å²) < 4.78 is 10.6. The molecule has 0 spiro atoms. The number of hydrogen-bond donors (Lipinski definition) is 1. The van der Waals surface area contributed by atoms with Crippen molar-refractivity contribution in [2.45, 2.75) is 6.92 Å². The fraction of sp³-hybridized carbons (Fsp3) is 0.267. The predicted octanol–water partition coefficient (Wildman–Crippen LogP) is 1.77. The SMILES string of the molecule is C/C=C/C(=O)NCC#CCOc1ccccc1OC. The third-order valence-electron chi connectivity index (χ3n) is 2.16. The molecule has 4 heteroatoms. The first kappa shape index (κ1) is 14.7. The third kappa shape index (κ3) is 5.64. The second kappa shape index (κ2) is 8.65. The van der Waals surface area contributed by atoms with Crippen molar-refractivity contribution in [1.29, 1.82) is 0 Å². The number of para-hydroxylation sites is 2. The lowest BCUT2D eigenvalue weighted by atomic mass is 10.3. The molecule has 1 aromatic carbocycles. The normalized spacial score (nSPS) is 9.58. The molecule has 1 amide bonds. The van der Waals surface area contributed by atoms with E-state index >= 15 is 0 Å². The lowest BCUT2D eigenvalue weighted by Crippen LogP contribution is -2.21. The van der Waals surface area contributed by atoms with E-state index in [4.69, 9.17) is 9.47 Å². The van der Waals surface area contributed by atoms with Crippen LogP contribution >= 0.6 is 0 Å². The van der Waals surface area contributed by atoms with Crippen molar-refractivity contribution in [2.24, 2.45) is 0 Å². The van der Waals surface area contributed by atoms with Crippen LogP contribution in [0.2, 0.25) is 0 Å². The highest BCUT2D eigenvalue weighted by atomic mass is 16.5. The second-order valence-corrected chi connectivity index (χ2v) is 3.51. The van der Waals surface area contributed by atoms with E-state index in [1.807, 2.05) is 24.3 Å². The van der Waals surface area contributed by atoms with Gasteiger partial charge in [0.1, 0.15) is 6.61 Å². The van der Waals surface area contributed by atoms with Gasteiger partial charge in [0.15, 0.2) is 11.5 Å². The van der Waals surface area contributed by atoms with Crippen LogP contribution in [0, 0.1) is 11.8 Å². The van der Waals surface area contributed by atoms with Crippen molar-refractivity contribution < 1.29 is 14.3 Å². The van der Waals surface area contributed by atoms with E-state index < -0.39 is 0 Å². The maximum Gasteiger partial charge on any atom is 0.244 e. The molecule has 1 aromatic rings. The highest BCUT2D eigenvalue weighted by molar-refractivity contribution is 5.87. The van der Waals surface area contributed by atoms with Gasteiger partial charge in [-0.25, -0.2) is 0 Å². The number of carbonyl (C=O) groups excluding carboxylic acids is 1. The van der Waals surface area contributed by atoms with Crippen molar-refractivity contribution in [3.8, 4) is 23.3 Å². The lowest BCUT2D eigenvalue weighted by Gasteiger charge is -2.07. The molecule has 0 aliphatic rings. The van der Waals surface area contributed by atoms with Crippen LogP contribution in [-0.2, 0) is 4.79 Å². The van der Waals surface area contributed by atoms with Crippen molar-refractivity contribution >= 4 is 5.91 Å². The predicted molar refractivity (Wildman–Crippen MR) is 74.1 cm³/mol. The Bertz CT molecular complexity index is 498. The van der Waals surface area contributed by atoms with Gasteiger partial charge in [0.05, 0.1) is 13.7 Å². The van der Waals surface area contributed by atoms with Gasteiger partial charge >= 0.3 is 0 Å². The molecule has 0 heterocycles. The van der Waals surface area contributed by atoms with Gasteiger partial charge in [-0.05, 0) is 25.1 Å². The maximum absolute atomic E-state index is 11.1. The summed E-state index contributed by atoms with van der Waals surface area (Å²) in [6.45, 7) is 2.34. The van der Waals surface area contributed by atoms with E-state index in [0.29, 0.717) is 18.0 Å². The Morgan fingerprint density at radius 1 is 1.32 bits per heavy atom. The molecule has 0 aliphatic heterocycles. The van der Waals surface area contributed by atoms with Crippen LogP contribution in [-0.4, -0.2) is 26.2 Å². The molecule has 0 saturated heterocycles. The summed E-state index contributed by atoms with van der Waals surface area (Å²) in [4.78, 5) is 11.1. The summed E-state index contributed by atoms with van der Waals surface area (Å²) in [6, 6.07) is 7.37. The van der Waals surface area contributed by atoms with E-state index in [2.05, 4.69) is 17.2 Å². The zero-order valence-corrected chi connectivity index (χ0v) is 11.1. The molecular weight excluding hydrogens is 242 g/mol.